The topological polar surface area (TPSA) is 42.2 Å². The molecule has 0 atom stereocenters. The zero-order valence-electron chi connectivity index (χ0n) is 13.6. The number of hydrogen-bond donors (Lipinski definition) is 1. The van der Waals surface area contributed by atoms with Crippen molar-refractivity contribution in [2.45, 2.75) is 9.79 Å². The molecule has 0 bridgehead atoms. The Labute approximate surface area is 153 Å². The van der Waals surface area contributed by atoms with Gasteiger partial charge in [-0.05, 0) is 42.5 Å². The summed E-state index contributed by atoms with van der Waals surface area (Å²) in [6.45, 7) is 0. The van der Waals surface area contributed by atoms with E-state index in [1.807, 2.05) is 48.5 Å². The van der Waals surface area contributed by atoms with Crippen molar-refractivity contribution in [2.75, 3.05) is 5.32 Å². The lowest BCUT2D eigenvalue weighted by Crippen LogP contribution is -2.09. The van der Waals surface area contributed by atoms with Gasteiger partial charge in [0, 0.05) is 16.0 Å². The van der Waals surface area contributed by atoms with Crippen LogP contribution in [0.25, 0.3) is 11.0 Å². The first-order valence-electron chi connectivity index (χ1n) is 8.02. The maximum atomic E-state index is 13.2. The molecule has 1 N–H and O–H groups in total. The average molecular weight is 363 g/mol. The van der Waals surface area contributed by atoms with E-state index in [-0.39, 0.29) is 5.82 Å². The smallest absolute Gasteiger partial charge is 0.361 e. The Morgan fingerprint density at radius 3 is 2.31 bits per heavy atom. The van der Waals surface area contributed by atoms with E-state index in [1.54, 1.807) is 18.2 Å². The van der Waals surface area contributed by atoms with Gasteiger partial charge in [0.05, 0.1) is 4.90 Å². The molecule has 26 heavy (non-hydrogen) atoms. The Bertz CT molecular complexity index is 1110. The van der Waals surface area contributed by atoms with Gasteiger partial charge in [0.25, 0.3) is 0 Å². The minimum Gasteiger partial charge on any atom is -0.421 e. The van der Waals surface area contributed by atoms with Crippen molar-refractivity contribution < 1.29 is 8.81 Å². The van der Waals surface area contributed by atoms with Crippen LogP contribution in [0.15, 0.2) is 97.9 Å². The lowest BCUT2D eigenvalue weighted by molar-refractivity contribution is 0.561. The van der Waals surface area contributed by atoms with E-state index < -0.39 is 5.63 Å². The number of benzene rings is 3. The van der Waals surface area contributed by atoms with Gasteiger partial charge in [-0.15, -0.1) is 0 Å². The zero-order valence-corrected chi connectivity index (χ0v) is 14.4. The number of fused-ring (bicyclic) bond motifs is 1. The second-order valence-electron chi connectivity index (χ2n) is 5.64. The number of para-hydroxylation sites is 1. The standard InChI is InChI=1S/C21H14FNO2S/c22-14-10-12-15(13-11-14)23-19-20(26-16-6-2-1-3-7-16)17-8-4-5-9-18(17)25-21(19)24/h1-13,23H. The third-order valence-corrected chi connectivity index (χ3v) is 4.98. The first-order valence-corrected chi connectivity index (χ1v) is 8.84. The fraction of sp³-hybridized carbons (Fsp3) is 0. The van der Waals surface area contributed by atoms with Crippen LogP contribution in [0.1, 0.15) is 0 Å². The second kappa shape index (κ2) is 7.06. The summed E-state index contributed by atoms with van der Waals surface area (Å²) in [4.78, 5) is 14.4. The van der Waals surface area contributed by atoms with Crippen molar-refractivity contribution in [3.63, 3.8) is 0 Å². The Balaban J connectivity index is 1.87. The first kappa shape index (κ1) is 16.4. The molecule has 3 nitrogen and oxygen atoms in total. The fourth-order valence-corrected chi connectivity index (χ4v) is 3.66. The van der Waals surface area contributed by atoms with Crippen LogP contribution in [0.4, 0.5) is 15.8 Å². The molecular formula is C21H14FNO2S. The maximum Gasteiger partial charge on any atom is 0.361 e. The summed E-state index contributed by atoms with van der Waals surface area (Å²) >= 11 is 1.48. The molecular weight excluding hydrogens is 349 g/mol. The maximum absolute atomic E-state index is 13.2. The van der Waals surface area contributed by atoms with Crippen LogP contribution >= 0.6 is 11.8 Å². The average Bonchev–Trinajstić information content (AvgIpc) is 2.67. The summed E-state index contributed by atoms with van der Waals surface area (Å²) in [5, 5.41) is 3.93. The Kier molecular flexibility index (Phi) is 4.46. The van der Waals surface area contributed by atoms with Crippen molar-refractivity contribution in [1.82, 2.24) is 0 Å². The van der Waals surface area contributed by atoms with E-state index in [2.05, 4.69) is 5.32 Å². The van der Waals surface area contributed by atoms with Crippen molar-refractivity contribution in [2.24, 2.45) is 0 Å². The van der Waals surface area contributed by atoms with E-state index in [1.165, 1.54) is 23.9 Å². The van der Waals surface area contributed by atoms with Crippen LogP contribution in [-0.4, -0.2) is 0 Å². The van der Waals surface area contributed by atoms with Crippen molar-refractivity contribution in [1.29, 1.82) is 0 Å². The molecule has 1 aromatic heterocycles. The third-order valence-electron chi connectivity index (χ3n) is 3.84. The third kappa shape index (κ3) is 3.34. The SMILES string of the molecule is O=c1oc2ccccc2c(Sc2ccccc2)c1Nc1ccc(F)cc1. The molecule has 0 amide bonds. The highest BCUT2D eigenvalue weighted by Crippen LogP contribution is 2.38. The van der Waals surface area contributed by atoms with Crippen LogP contribution in [0.5, 0.6) is 0 Å². The fourth-order valence-electron chi connectivity index (χ4n) is 2.62. The molecule has 0 fully saturated rings. The molecule has 4 aromatic rings. The minimum absolute atomic E-state index is 0.333. The number of hydrogen-bond acceptors (Lipinski definition) is 4. The summed E-state index contributed by atoms with van der Waals surface area (Å²) in [5.41, 5.74) is 1.01. The molecule has 0 aliphatic rings. The molecule has 0 aliphatic carbocycles. The number of anilines is 2. The summed E-state index contributed by atoms with van der Waals surface area (Å²) < 4.78 is 18.6. The van der Waals surface area contributed by atoms with Gasteiger partial charge < -0.3 is 9.73 Å². The molecule has 0 unspecified atom stereocenters. The Morgan fingerprint density at radius 1 is 0.846 bits per heavy atom. The molecule has 0 saturated carbocycles. The quantitative estimate of drug-likeness (QED) is 0.464. The van der Waals surface area contributed by atoms with Gasteiger partial charge in [0.15, 0.2) is 0 Å². The molecule has 0 spiro atoms. The van der Waals surface area contributed by atoms with Gasteiger partial charge in [0.1, 0.15) is 17.1 Å². The second-order valence-corrected chi connectivity index (χ2v) is 6.72. The molecule has 0 aliphatic heterocycles. The van der Waals surface area contributed by atoms with E-state index in [0.717, 1.165) is 15.2 Å². The van der Waals surface area contributed by atoms with E-state index in [0.29, 0.717) is 17.0 Å². The molecule has 1 heterocycles. The molecule has 0 saturated heterocycles. The van der Waals surface area contributed by atoms with Crippen LogP contribution in [0.2, 0.25) is 0 Å². The molecule has 128 valence electrons. The van der Waals surface area contributed by atoms with E-state index >= 15 is 0 Å². The van der Waals surface area contributed by atoms with Gasteiger partial charge in [-0.3, -0.25) is 0 Å². The van der Waals surface area contributed by atoms with Crippen LogP contribution in [0.3, 0.4) is 0 Å². The number of nitrogens with one attached hydrogen (secondary N) is 1. The molecule has 3 aromatic carbocycles. The highest BCUT2D eigenvalue weighted by atomic mass is 32.2. The lowest BCUT2D eigenvalue weighted by atomic mass is 10.2. The van der Waals surface area contributed by atoms with Crippen LogP contribution in [-0.2, 0) is 0 Å². The van der Waals surface area contributed by atoms with Crippen molar-refractivity contribution in [3.05, 3.63) is 95.1 Å². The van der Waals surface area contributed by atoms with Gasteiger partial charge in [0.2, 0.25) is 0 Å². The van der Waals surface area contributed by atoms with Gasteiger partial charge in [-0.25, -0.2) is 9.18 Å². The van der Waals surface area contributed by atoms with Gasteiger partial charge in [-0.2, -0.15) is 0 Å². The highest BCUT2D eigenvalue weighted by molar-refractivity contribution is 7.99. The lowest BCUT2D eigenvalue weighted by Gasteiger charge is -2.13. The van der Waals surface area contributed by atoms with E-state index in [4.69, 9.17) is 4.42 Å². The normalized spacial score (nSPS) is 10.8. The predicted octanol–water partition coefficient (Wildman–Crippen LogP) is 5.83. The first-order chi connectivity index (χ1) is 12.7. The Hall–Kier alpha value is -3.05. The zero-order chi connectivity index (χ0) is 17.9. The van der Waals surface area contributed by atoms with Crippen molar-refractivity contribution in [3.8, 4) is 0 Å². The number of halogens is 1. The summed E-state index contributed by atoms with van der Waals surface area (Å²) in [6.07, 6.45) is 0. The molecule has 5 heteroatoms. The minimum atomic E-state index is -0.466. The summed E-state index contributed by atoms with van der Waals surface area (Å²) in [6, 6.07) is 23.1. The predicted molar refractivity (Wildman–Crippen MR) is 103 cm³/mol. The highest BCUT2D eigenvalue weighted by Gasteiger charge is 2.16. The van der Waals surface area contributed by atoms with Crippen LogP contribution < -0.4 is 10.9 Å². The molecule has 4 rings (SSSR count). The monoisotopic (exact) mass is 363 g/mol. The molecule has 0 radical (unpaired) electrons. The van der Waals surface area contributed by atoms with E-state index in [9.17, 15) is 9.18 Å². The van der Waals surface area contributed by atoms with Gasteiger partial charge >= 0.3 is 5.63 Å². The van der Waals surface area contributed by atoms with Crippen LogP contribution in [0, 0.1) is 5.82 Å². The summed E-state index contributed by atoms with van der Waals surface area (Å²) in [5.74, 6) is -0.333. The largest absolute Gasteiger partial charge is 0.421 e. The Morgan fingerprint density at radius 2 is 1.54 bits per heavy atom. The van der Waals surface area contributed by atoms with Gasteiger partial charge in [-0.1, -0.05) is 48.2 Å². The van der Waals surface area contributed by atoms with Crippen molar-refractivity contribution >= 4 is 34.1 Å². The number of rotatable bonds is 4. The summed E-state index contributed by atoms with van der Waals surface area (Å²) in [7, 11) is 0.